The van der Waals surface area contributed by atoms with Crippen LogP contribution in [0.4, 0.5) is 0 Å². The van der Waals surface area contributed by atoms with Crippen molar-refractivity contribution in [3.05, 3.63) is 24.0 Å². The van der Waals surface area contributed by atoms with Gasteiger partial charge in [0.1, 0.15) is 18.1 Å². The van der Waals surface area contributed by atoms with Crippen LogP contribution in [0.25, 0.3) is 0 Å². The summed E-state index contributed by atoms with van der Waals surface area (Å²) in [5.41, 5.74) is 0.251. The number of hydrogen-bond acceptors (Lipinski definition) is 4. The summed E-state index contributed by atoms with van der Waals surface area (Å²) in [6, 6.07) is 3.33. The van der Waals surface area contributed by atoms with E-state index in [-0.39, 0.29) is 5.60 Å². The van der Waals surface area contributed by atoms with Gasteiger partial charge in [-0.1, -0.05) is 0 Å². The summed E-state index contributed by atoms with van der Waals surface area (Å²) in [5.74, 6) is 0.642. The quantitative estimate of drug-likeness (QED) is 0.566. The number of carbonyl (C=O) groups excluding carboxylic acids is 1. The highest BCUT2D eigenvalue weighted by Gasteiger charge is 2.09. The summed E-state index contributed by atoms with van der Waals surface area (Å²) >= 11 is 0. The van der Waals surface area contributed by atoms with Crippen LogP contribution in [0, 0.1) is 0 Å². The van der Waals surface area contributed by atoms with E-state index in [0.717, 1.165) is 0 Å². The molecule has 0 amide bonds. The summed E-state index contributed by atoms with van der Waals surface area (Å²) in [6.07, 6.45) is 2.23. The monoisotopic (exact) mass is 223 g/mol. The first kappa shape index (κ1) is 12.6. The van der Waals surface area contributed by atoms with E-state index >= 15 is 0 Å². The second-order valence-corrected chi connectivity index (χ2v) is 4.35. The van der Waals surface area contributed by atoms with Crippen molar-refractivity contribution in [3.63, 3.8) is 0 Å². The van der Waals surface area contributed by atoms with Crippen molar-refractivity contribution >= 4 is 6.29 Å². The molecular formula is C12H17NO3. The fourth-order valence-corrected chi connectivity index (χ4v) is 1.05. The highest BCUT2D eigenvalue weighted by Crippen LogP contribution is 2.09. The van der Waals surface area contributed by atoms with Gasteiger partial charge in [-0.15, -0.1) is 0 Å². The molecule has 0 unspecified atom stereocenters. The number of aldehydes is 1. The molecule has 0 saturated carbocycles. The summed E-state index contributed by atoms with van der Waals surface area (Å²) < 4.78 is 10.9. The van der Waals surface area contributed by atoms with Crippen molar-refractivity contribution in [1.82, 2.24) is 4.98 Å². The molecule has 88 valence electrons. The van der Waals surface area contributed by atoms with Gasteiger partial charge in [0.05, 0.1) is 18.4 Å². The minimum Gasteiger partial charge on any atom is -0.490 e. The van der Waals surface area contributed by atoms with Gasteiger partial charge < -0.3 is 9.47 Å². The number of carbonyl (C=O) groups is 1. The van der Waals surface area contributed by atoms with Gasteiger partial charge in [0, 0.05) is 0 Å². The Hall–Kier alpha value is -1.42. The lowest BCUT2D eigenvalue weighted by molar-refractivity contribution is -0.0163. The normalized spacial score (nSPS) is 11.2. The maximum Gasteiger partial charge on any atom is 0.168 e. The molecule has 0 saturated heterocycles. The molecule has 1 aromatic rings. The van der Waals surface area contributed by atoms with Gasteiger partial charge in [0.2, 0.25) is 0 Å². The molecule has 1 heterocycles. The molecule has 16 heavy (non-hydrogen) atoms. The Morgan fingerprint density at radius 1 is 1.31 bits per heavy atom. The van der Waals surface area contributed by atoms with Crippen molar-refractivity contribution in [3.8, 4) is 5.75 Å². The van der Waals surface area contributed by atoms with E-state index in [1.54, 1.807) is 12.1 Å². The minimum atomic E-state index is -0.150. The van der Waals surface area contributed by atoms with E-state index in [9.17, 15) is 4.79 Å². The maximum atomic E-state index is 10.4. The number of ether oxygens (including phenoxy) is 2. The highest BCUT2D eigenvalue weighted by atomic mass is 16.5. The molecule has 0 fully saturated rings. The summed E-state index contributed by atoms with van der Waals surface area (Å²) in [4.78, 5) is 14.3. The van der Waals surface area contributed by atoms with Crippen LogP contribution in [0.3, 0.4) is 0 Å². The van der Waals surface area contributed by atoms with Gasteiger partial charge in [-0.05, 0) is 32.9 Å². The number of nitrogens with zero attached hydrogens (tertiary/aromatic N) is 1. The summed E-state index contributed by atoms with van der Waals surface area (Å²) in [5, 5.41) is 0. The average Bonchev–Trinajstić information content (AvgIpc) is 2.24. The van der Waals surface area contributed by atoms with Crippen molar-refractivity contribution in [1.29, 1.82) is 0 Å². The molecule has 4 heteroatoms. The van der Waals surface area contributed by atoms with Crippen molar-refractivity contribution < 1.29 is 14.3 Å². The number of hydrogen-bond donors (Lipinski definition) is 0. The van der Waals surface area contributed by atoms with E-state index in [1.165, 1.54) is 6.20 Å². The van der Waals surface area contributed by atoms with E-state index < -0.39 is 0 Å². The molecule has 0 aliphatic heterocycles. The van der Waals surface area contributed by atoms with E-state index in [4.69, 9.17) is 9.47 Å². The van der Waals surface area contributed by atoms with Crippen molar-refractivity contribution in [2.75, 3.05) is 13.2 Å². The van der Waals surface area contributed by atoms with Crippen molar-refractivity contribution in [2.24, 2.45) is 0 Å². The smallest absolute Gasteiger partial charge is 0.168 e. The minimum absolute atomic E-state index is 0.150. The lowest BCUT2D eigenvalue weighted by Crippen LogP contribution is -2.22. The molecule has 1 rings (SSSR count). The van der Waals surface area contributed by atoms with Crippen LogP contribution >= 0.6 is 0 Å². The third-order valence-electron chi connectivity index (χ3n) is 1.77. The number of aromatic nitrogens is 1. The lowest BCUT2D eigenvalue weighted by atomic mass is 10.2. The van der Waals surface area contributed by atoms with Gasteiger partial charge in [0.25, 0.3) is 0 Å². The Labute approximate surface area is 95.6 Å². The molecule has 0 atom stereocenters. The molecule has 0 radical (unpaired) electrons. The lowest BCUT2D eigenvalue weighted by Gasteiger charge is -2.19. The van der Waals surface area contributed by atoms with Crippen LogP contribution in [-0.4, -0.2) is 30.1 Å². The van der Waals surface area contributed by atoms with E-state index in [0.29, 0.717) is 30.9 Å². The summed E-state index contributed by atoms with van der Waals surface area (Å²) in [6.45, 7) is 6.98. The van der Waals surface area contributed by atoms with Gasteiger partial charge in [0.15, 0.2) is 6.29 Å². The first-order chi connectivity index (χ1) is 7.51. The fourth-order valence-electron chi connectivity index (χ4n) is 1.05. The first-order valence-electron chi connectivity index (χ1n) is 5.19. The molecule has 1 aromatic heterocycles. The Morgan fingerprint density at radius 3 is 2.56 bits per heavy atom. The third kappa shape index (κ3) is 4.89. The molecule has 0 aliphatic rings. The van der Waals surface area contributed by atoms with Crippen molar-refractivity contribution in [2.45, 2.75) is 26.4 Å². The molecule has 0 spiro atoms. The predicted octanol–water partition coefficient (Wildman–Crippen LogP) is 2.09. The van der Waals surface area contributed by atoms with Crippen LogP contribution in [0.5, 0.6) is 5.75 Å². The Bertz CT molecular complexity index is 327. The number of rotatable bonds is 5. The summed E-state index contributed by atoms with van der Waals surface area (Å²) in [7, 11) is 0. The first-order valence-corrected chi connectivity index (χ1v) is 5.19. The van der Waals surface area contributed by atoms with Crippen LogP contribution in [0.2, 0.25) is 0 Å². The van der Waals surface area contributed by atoms with Gasteiger partial charge in [-0.2, -0.15) is 0 Å². The standard InChI is InChI=1S/C12H17NO3/c1-12(2,3)16-7-6-15-11-5-4-10(9-14)13-8-11/h4-5,8-9H,6-7H2,1-3H3. The molecule has 0 bridgehead atoms. The van der Waals surface area contributed by atoms with Gasteiger partial charge in [-0.3, -0.25) is 4.79 Å². The largest absolute Gasteiger partial charge is 0.490 e. The predicted molar refractivity (Wildman–Crippen MR) is 60.8 cm³/mol. The highest BCUT2D eigenvalue weighted by molar-refractivity contribution is 5.71. The van der Waals surface area contributed by atoms with Crippen LogP contribution in [-0.2, 0) is 4.74 Å². The second kappa shape index (κ2) is 5.61. The molecule has 0 N–H and O–H groups in total. The SMILES string of the molecule is CC(C)(C)OCCOc1ccc(C=O)nc1. The second-order valence-electron chi connectivity index (χ2n) is 4.35. The maximum absolute atomic E-state index is 10.4. The Morgan fingerprint density at radius 2 is 2.06 bits per heavy atom. The number of pyridine rings is 1. The van der Waals surface area contributed by atoms with Gasteiger partial charge >= 0.3 is 0 Å². The molecule has 0 aromatic carbocycles. The molecule has 4 nitrogen and oxygen atoms in total. The van der Waals surface area contributed by atoms with Gasteiger partial charge in [-0.25, -0.2) is 4.98 Å². The third-order valence-corrected chi connectivity index (χ3v) is 1.77. The zero-order chi connectivity index (χ0) is 12.0. The molecular weight excluding hydrogens is 206 g/mol. The Balaban J connectivity index is 2.29. The zero-order valence-electron chi connectivity index (χ0n) is 9.90. The van der Waals surface area contributed by atoms with Crippen LogP contribution < -0.4 is 4.74 Å². The van der Waals surface area contributed by atoms with E-state index in [2.05, 4.69) is 4.98 Å². The Kier molecular flexibility index (Phi) is 4.43. The molecule has 0 aliphatic carbocycles. The average molecular weight is 223 g/mol. The fraction of sp³-hybridized carbons (Fsp3) is 0.500. The zero-order valence-corrected chi connectivity index (χ0v) is 9.90. The van der Waals surface area contributed by atoms with Crippen LogP contribution in [0.15, 0.2) is 18.3 Å². The van der Waals surface area contributed by atoms with E-state index in [1.807, 2.05) is 20.8 Å². The topological polar surface area (TPSA) is 48.4 Å². The van der Waals surface area contributed by atoms with Crippen LogP contribution in [0.1, 0.15) is 31.3 Å².